The maximum Gasteiger partial charge on any atom is 0.264 e. The molecule has 29 heavy (non-hydrogen) atoms. The van der Waals surface area contributed by atoms with Gasteiger partial charge in [-0.25, -0.2) is 0 Å². The molecule has 0 spiro atoms. The normalized spacial score (nSPS) is 18.4. The Morgan fingerprint density at radius 3 is 2.14 bits per heavy atom. The number of carbonyl (C=O) groups is 1. The average molecular weight is 417 g/mol. The van der Waals surface area contributed by atoms with Crippen molar-refractivity contribution in [3.63, 3.8) is 0 Å². The van der Waals surface area contributed by atoms with Crippen LogP contribution in [0.5, 0.6) is 5.75 Å². The van der Waals surface area contributed by atoms with Gasteiger partial charge in [0.25, 0.3) is 5.91 Å². The largest absolute Gasteiger partial charge is 0.483 e. The second-order valence-electron chi connectivity index (χ2n) is 8.83. The molecule has 1 amide bonds. The van der Waals surface area contributed by atoms with Gasteiger partial charge in [0.2, 0.25) is 0 Å². The average Bonchev–Trinajstić information content (AvgIpc) is 2.74. The van der Waals surface area contributed by atoms with Crippen LogP contribution in [0.25, 0.3) is 0 Å². The van der Waals surface area contributed by atoms with Crippen LogP contribution in [0.4, 0.5) is 0 Å². The summed E-state index contributed by atoms with van der Waals surface area (Å²) in [6.07, 6.45) is 12.4. The van der Waals surface area contributed by atoms with Crippen molar-refractivity contribution in [1.82, 2.24) is 10.2 Å². The van der Waals surface area contributed by atoms with Crippen molar-refractivity contribution in [1.29, 1.82) is 0 Å². The summed E-state index contributed by atoms with van der Waals surface area (Å²) < 4.78 is 5.84. The van der Waals surface area contributed by atoms with E-state index in [0.29, 0.717) is 23.1 Å². The predicted octanol–water partition coefficient (Wildman–Crippen LogP) is 5.56. The molecule has 2 fully saturated rings. The second-order valence-corrected chi connectivity index (χ2v) is 9.21. The third-order valence-electron chi connectivity index (χ3n) is 6.32. The number of hydrogen-bond acceptors (Lipinski definition) is 3. The van der Waals surface area contributed by atoms with E-state index in [1.165, 1.54) is 64.2 Å². The minimum absolute atomic E-state index is 0.00690. The van der Waals surface area contributed by atoms with Crippen molar-refractivity contribution in [3.05, 3.63) is 29.8 Å². The zero-order valence-corrected chi connectivity index (χ0v) is 18.8. The van der Waals surface area contributed by atoms with Gasteiger partial charge in [0.05, 0.1) is 0 Å². The fraction of sp³-hybridized carbons (Fsp3) is 0.667. The van der Waals surface area contributed by atoms with Crippen LogP contribution in [0.2, 0.25) is 0 Å². The van der Waals surface area contributed by atoms with Crippen molar-refractivity contribution >= 4 is 23.2 Å². The minimum Gasteiger partial charge on any atom is -0.483 e. The number of rotatable bonds is 6. The molecule has 4 nitrogen and oxygen atoms in total. The molecule has 0 radical (unpaired) electrons. The van der Waals surface area contributed by atoms with E-state index in [1.807, 2.05) is 18.2 Å². The van der Waals surface area contributed by atoms with E-state index < -0.39 is 0 Å². The molecule has 1 N–H and O–H groups in total. The van der Waals surface area contributed by atoms with E-state index in [-0.39, 0.29) is 12.5 Å². The van der Waals surface area contributed by atoms with Gasteiger partial charge < -0.3 is 15.0 Å². The summed E-state index contributed by atoms with van der Waals surface area (Å²) in [5.74, 6) is 0.966. The molecular formula is C24H36N2O2S. The lowest BCUT2D eigenvalue weighted by Crippen LogP contribution is -2.54. The number of nitrogens with zero attached hydrogens (tertiary/aromatic N) is 1. The maximum atomic E-state index is 12.6. The standard InChI is InChI=1S/C24H36N2O2S/c1-18(2)21-15-9-10-16-22(21)28-17-23(27)25-24(29)26(19-11-5-3-6-12-19)20-13-7-4-8-14-20/h9-10,15-16,18-20H,3-8,11-14,17H2,1-2H3,(H,25,27,29). The third kappa shape index (κ3) is 6.18. The van der Waals surface area contributed by atoms with E-state index in [9.17, 15) is 4.79 Å². The molecule has 1 aromatic rings. The third-order valence-corrected chi connectivity index (χ3v) is 6.63. The first kappa shape index (κ1) is 22.1. The molecule has 5 heteroatoms. The smallest absolute Gasteiger partial charge is 0.264 e. The van der Waals surface area contributed by atoms with E-state index in [2.05, 4.69) is 30.1 Å². The summed E-state index contributed by atoms with van der Waals surface area (Å²) in [6, 6.07) is 8.87. The lowest BCUT2D eigenvalue weighted by Gasteiger charge is -2.43. The molecule has 1 aromatic carbocycles. The Labute approximate surface area is 181 Å². The molecule has 2 aliphatic rings. The Bertz CT molecular complexity index is 661. The first-order valence-corrected chi connectivity index (χ1v) is 11.8. The summed E-state index contributed by atoms with van der Waals surface area (Å²) in [5, 5.41) is 3.59. The fourth-order valence-electron chi connectivity index (χ4n) is 4.80. The molecule has 0 bridgehead atoms. The zero-order valence-electron chi connectivity index (χ0n) is 18.0. The molecule has 0 saturated heterocycles. The number of benzene rings is 1. The lowest BCUT2D eigenvalue weighted by molar-refractivity contribution is -0.121. The number of amides is 1. The molecule has 0 aliphatic heterocycles. The number of para-hydroxylation sites is 1. The molecular weight excluding hydrogens is 380 g/mol. The molecule has 0 atom stereocenters. The first-order chi connectivity index (χ1) is 14.1. The van der Waals surface area contributed by atoms with Crippen LogP contribution in [0.3, 0.4) is 0 Å². The van der Waals surface area contributed by atoms with Crippen molar-refractivity contribution < 1.29 is 9.53 Å². The van der Waals surface area contributed by atoms with Gasteiger partial charge in [-0.15, -0.1) is 0 Å². The van der Waals surface area contributed by atoms with Crippen LogP contribution in [-0.2, 0) is 4.79 Å². The molecule has 3 rings (SSSR count). The topological polar surface area (TPSA) is 41.6 Å². The monoisotopic (exact) mass is 416 g/mol. The van der Waals surface area contributed by atoms with Crippen LogP contribution >= 0.6 is 12.2 Å². The molecule has 2 saturated carbocycles. The van der Waals surface area contributed by atoms with Crippen LogP contribution in [-0.4, -0.2) is 34.6 Å². The van der Waals surface area contributed by atoms with Crippen LogP contribution < -0.4 is 10.1 Å². The number of thiocarbonyl (C=S) groups is 1. The highest BCUT2D eigenvalue weighted by atomic mass is 32.1. The molecule has 0 heterocycles. The first-order valence-electron chi connectivity index (χ1n) is 11.4. The molecule has 0 aromatic heterocycles. The number of carbonyl (C=O) groups excluding carboxylic acids is 1. The number of hydrogen-bond donors (Lipinski definition) is 1. The highest BCUT2D eigenvalue weighted by molar-refractivity contribution is 7.80. The lowest BCUT2D eigenvalue weighted by atomic mass is 9.89. The van der Waals surface area contributed by atoms with E-state index in [0.717, 1.165) is 11.3 Å². The van der Waals surface area contributed by atoms with Crippen LogP contribution in [0.1, 0.15) is 89.5 Å². The predicted molar refractivity (Wildman–Crippen MR) is 122 cm³/mol. The Kier molecular flexibility index (Phi) is 8.34. The fourth-order valence-corrected chi connectivity index (χ4v) is 5.21. The highest BCUT2D eigenvalue weighted by Crippen LogP contribution is 2.30. The van der Waals surface area contributed by atoms with Crippen molar-refractivity contribution in [2.75, 3.05) is 6.61 Å². The van der Waals surface area contributed by atoms with Gasteiger partial charge in [0, 0.05) is 12.1 Å². The highest BCUT2D eigenvalue weighted by Gasteiger charge is 2.31. The Morgan fingerprint density at radius 2 is 1.59 bits per heavy atom. The van der Waals surface area contributed by atoms with Gasteiger partial charge in [-0.2, -0.15) is 0 Å². The Hall–Kier alpha value is -1.62. The van der Waals surface area contributed by atoms with E-state index in [4.69, 9.17) is 17.0 Å². The Balaban J connectivity index is 1.60. The van der Waals surface area contributed by atoms with Gasteiger partial charge in [0.1, 0.15) is 5.75 Å². The summed E-state index contributed by atoms with van der Waals surface area (Å²) in [4.78, 5) is 15.0. The molecule has 160 valence electrons. The van der Waals surface area contributed by atoms with E-state index in [1.54, 1.807) is 0 Å². The quantitative estimate of drug-likeness (QED) is 0.617. The molecule has 0 unspecified atom stereocenters. The maximum absolute atomic E-state index is 12.6. The van der Waals surface area contributed by atoms with Gasteiger partial charge in [-0.05, 0) is 55.4 Å². The number of nitrogens with one attached hydrogen (secondary N) is 1. The molecule has 2 aliphatic carbocycles. The summed E-state index contributed by atoms with van der Waals surface area (Å²) in [7, 11) is 0. The van der Waals surface area contributed by atoms with Crippen molar-refractivity contribution in [2.45, 2.75) is 96.1 Å². The Morgan fingerprint density at radius 1 is 1.03 bits per heavy atom. The summed E-state index contributed by atoms with van der Waals surface area (Å²) in [6.45, 7) is 4.25. The van der Waals surface area contributed by atoms with Gasteiger partial charge >= 0.3 is 0 Å². The van der Waals surface area contributed by atoms with Crippen LogP contribution in [0, 0.1) is 0 Å². The SMILES string of the molecule is CC(C)c1ccccc1OCC(=O)NC(=S)N(C1CCCCC1)C1CCCCC1. The second kappa shape index (κ2) is 11.0. The van der Waals surface area contributed by atoms with Crippen molar-refractivity contribution in [2.24, 2.45) is 0 Å². The van der Waals surface area contributed by atoms with Gasteiger partial charge in [-0.1, -0.05) is 70.6 Å². The van der Waals surface area contributed by atoms with Gasteiger partial charge in [0.15, 0.2) is 11.7 Å². The number of ether oxygens (including phenoxy) is 1. The van der Waals surface area contributed by atoms with Crippen molar-refractivity contribution in [3.8, 4) is 5.75 Å². The minimum atomic E-state index is -0.162. The van der Waals surface area contributed by atoms with Crippen LogP contribution in [0.15, 0.2) is 24.3 Å². The van der Waals surface area contributed by atoms with E-state index >= 15 is 0 Å². The van der Waals surface area contributed by atoms with Gasteiger partial charge in [-0.3, -0.25) is 4.79 Å². The summed E-state index contributed by atoms with van der Waals surface area (Å²) >= 11 is 5.75. The zero-order chi connectivity index (χ0) is 20.6. The summed E-state index contributed by atoms with van der Waals surface area (Å²) in [5.41, 5.74) is 1.12.